The molecule has 1 unspecified atom stereocenters. The van der Waals surface area contributed by atoms with E-state index in [4.69, 9.17) is 4.74 Å². The summed E-state index contributed by atoms with van der Waals surface area (Å²) in [5.74, 6) is 0.746. The Kier molecular flexibility index (Phi) is 2.75. The van der Waals surface area contributed by atoms with E-state index >= 15 is 0 Å². The van der Waals surface area contributed by atoms with Crippen LogP contribution in [0.25, 0.3) is 5.69 Å². The first-order valence-electron chi connectivity index (χ1n) is 6.85. The third kappa shape index (κ3) is 1.92. The number of fused-ring (bicyclic) bond motifs is 3. The lowest BCUT2D eigenvalue weighted by molar-refractivity contribution is 0.246. The van der Waals surface area contributed by atoms with E-state index in [1.165, 1.54) is 0 Å². The largest absolute Gasteiger partial charge is 0.479 e. The molecule has 1 aromatic heterocycles. The maximum absolute atomic E-state index is 9.24. The minimum atomic E-state index is -0.169. The first-order chi connectivity index (χ1) is 10.4. The molecule has 0 saturated heterocycles. The van der Waals surface area contributed by atoms with Crippen LogP contribution in [-0.4, -0.2) is 14.7 Å². The minimum Gasteiger partial charge on any atom is -0.479 e. The summed E-state index contributed by atoms with van der Waals surface area (Å²) in [5.41, 5.74) is 4.09. The minimum absolute atomic E-state index is 0.0103. The number of aliphatic hydroxyl groups is 1. The Morgan fingerprint density at radius 2 is 2.05 bits per heavy atom. The predicted octanol–water partition coefficient (Wildman–Crippen LogP) is 2.85. The summed E-state index contributed by atoms with van der Waals surface area (Å²) in [4.78, 5) is 4.21. The number of hydrogen-bond acceptors (Lipinski definition) is 3. The Hall–Kier alpha value is -2.59. The number of ether oxygens (including phenoxy) is 1. The van der Waals surface area contributed by atoms with Crippen molar-refractivity contribution in [1.29, 1.82) is 0 Å². The Labute approximate surface area is 122 Å². The molecule has 4 nitrogen and oxygen atoms in total. The van der Waals surface area contributed by atoms with Gasteiger partial charge in [-0.15, -0.1) is 0 Å². The monoisotopic (exact) mass is 278 g/mol. The quantitative estimate of drug-likeness (QED) is 0.801. The molecule has 1 aliphatic heterocycles. The summed E-state index contributed by atoms with van der Waals surface area (Å²) < 4.78 is 8.21. The van der Waals surface area contributed by atoms with Gasteiger partial charge in [-0.1, -0.05) is 30.3 Å². The number of benzene rings is 2. The summed E-state index contributed by atoms with van der Waals surface area (Å²) in [6, 6.07) is 15.7. The molecule has 1 atom stereocenters. The zero-order valence-electron chi connectivity index (χ0n) is 11.3. The second-order valence-corrected chi connectivity index (χ2v) is 5.05. The summed E-state index contributed by atoms with van der Waals surface area (Å²) in [7, 11) is 0. The van der Waals surface area contributed by atoms with E-state index in [9.17, 15) is 5.11 Å². The maximum atomic E-state index is 9.24. The highest BCUT2D eigenvalue weighted by Gasteiger charge is 2.30. The molecule has 21 heavy (non-hydrogen) atoms. The first-order valence-corrected chi connectivity index (χ1v) is 6.85. The van der Waals surface area contributed by atoms with Crippen LogP contribution in [0.4, 0.5) is 0 Å². The van der Waals surface area contributed by atoms with Crippen LogP contribution >= 0.6 is 0 Å². The fraction of sp³-hybridized carbons (Fsp3) is 0.118. The second kappa shape index (κ2) is 4.75. The van der Waals surface area contributed by atoms with E-state index in [0.29, 0.717) is 0 Å². The van der Waals surface area contributed by atoms with E-state index in [1.807, 2.05) is 48.9 Å². The standard InChI is InChI=1S/C17H14N2O2/c20-10-12-4-3-5-13(8-12)21-17-14-6-1-2-7-15(14)19-11-18-9-16(17)19/h1-9,11,17,20H,10H2. The van der Waals surface area contributed by atoms with Gasteiger partial charge in [0.2, 0.25) is 0 Å². The molecule has 0 bridgehead atoms. The molecular weight excluding hydrogens is 264 g/mol. The molecule has 0 radical (unpaired) electrons. The number of hydrogen-bond donors (Lipinski definition) is 1. The van der Waals surface area contributed by atoms with Crippen molar-refractivity contribution in [2.75, 3.05) is 0 Å². The van der Waals surface area contributed by atoms with E-state index in [1.54, 1.807) is 0 Å². The molecule has 104 valence electrons. The zero-order chi connectivity index (χ0) is 14.2. The Morgan fingerprint density at radius 1 is 1.14 bits per heavy atom. The van der Waals surface area contributed by atoms with Crippen LogP contribution in [0, 0.1) is 0 Å². The average Bonchev–Trinajstić information content (AvgIpc) is 3.11. The summed E-state index contributed by atoms with van der Waals surface area (Å²) in [6.07, 6.45) is 3.47. The van der Waals surface area contributed by atoms with E-state index < -0.39 is 0 Å². The van der Waals surface area contributed by atoms with Gasteiger partial charge in [-0.2, -0.15) is 0 Å². The molecule has 4 heteroatoms. The number of rotatable bonds is 3. The Bertz CT molecular complexity index is 795. The van der Waals surface area contributed by atoms with Gasteiger partial charge < -0.3 is 9.84 Å². The highest BCUT2D eigenvalue weighted by molar-refractivity contribution is 5.52. The molecule has 2 aromatic carbocycles. The van der Waals surface area contributed by atoms with E-state index in [-0.39, 0.29) is 12.7 Å². The summed E-state index contributed by atoms with van der Waals surface area (Å²) >= 11 is 0. The van der Waals surface area contributed by atoms with Gasteiger partial charge in [-0.05, 0) is 23.8 Å². The van der Waals surface area contributed by atoms with Gasteiger partial charge in [0.25, 0.3) is 0 Å². The van der Waals surface area contributed by atoms with Crippen LogP contribution in [0.2, 0.25) is 0 Å². The van der Waals surface area contributed by atoms with Gasteiger partial charge in [-0.3, -0.25) is 4.57 Å². The van der Waals surface area contributed by atoms with Crippen molar-refractivity contribution in [3.05, 3.63) is 77.9 Å². The van der Waals surface area contributed by atoms with Gasteiger partial charge in [0.1, 0.15) is 5.75 Å². The van der Waals surface area contributed by atoms with Crippen LogP contribution in [0.3, 0.4) is 0 Å². The van der Waals surface area contributed by atoms with Crippen molar-refractivity contribution in [2.24, 2.45) is 0 Å². The van der Waals surface area contributed by atoms with Gasteiger partial charge >= 0.3 is 0 Å². The van der Waals surface area contributed by atoms with Crippen molar-refractivity contribution < 1.29 is 9.84 Å². The molecule has 0 amide bonds. The van der Waals surface area contributed by atoms with Gasteiger partial charge in [0.15, 0.2) is 6.10 Å². The van der Waals surface area contributed by atoms with Crippen LogP contribution in [0.5, 0.6) is 5.75 Å². The highest BCUT2D eigenvalue weighted by Crippen LogP contribution is 2.38. The smallest absolute Gasteiger partial charge is 0.168 e. The normalized spacial score (nSPS) is 15.6. The number of imidazole rings is 1. The maximum Gasteiger partial charge on any atom is 0.168 e. The topological polar surface area (TPSA) is 47.3 Å². The lowest BCUT2D eigenvalue weighted by Crippen LogP contribution is -2.06. The molecule has 0 spiro atoms. The van der Waals surface area contributed by atoms with E-state index in [0.717, 1.165) is 28.3 Å². The van der Waals surface area contributed by atoms with Crippen LogP contribution < -0.4 is 4.74 Å². The van der Waals surface area contributed by atoms with Crippen LogP contribution in [-0.2, 0) is 6.61 Å². The highest BCUT2D eigenvalue weighted by atomic mass is 16.5. The summed E-state index contributed by atoms with van der Waals surface area (Å²) in [6.45, 7) is 0.0103. The molecule has 0 aliphatic carbocycles. The molecular formula is C17H14N2O2. The molecule has 0 fully saturated rings. The Balaban J connectivity index is 1.75. The zero-order valence-corrected chi connectivity index (χ0v) is 11.3. The van der Waals surface area contributed by atoms with Crippen molar-refractivity contribution in [1.82, 2.24) is 9.55 Å². The van der Waals surface area contributed by atoms with Crippen molar-refractivity contribution in [2.45, 2.75) is 12.7 Å². The van der Waals surface area contributed by atoms with E-state index in [2.05, 4.69) is 21.7 Å². The summed E-state index contributed by atoms with van der Waals surface area (Å²) in [5, 5.41) is 9.24. The number of para-hydroxylation sites is 1. The van der Waals surface area contributed by atoms with Crippen molar-refractivity contribution in [3.63, 3.8) is 0 Å². The second-order valence-electron chi connectivity index (χ2n) is 5.05. The number of aromatic nitrogens is 2. The SMILES string of the molecule is OCc1cccc(OC2c3ccccc3-n3cncc32)c1. The third-order valence-corrected chi connectivity index (χ3v) is 3.75. The van der Waals surface area contributed by atoms with Gasteiger partial charge in [0.05, 0.1) is 30.5 Å². The fourth-order valence-electron chi connectivity index (χ4n) is 2.77. The number of nitrogens with zero attached hydrogens (tertiary/aromatic N) is 2. The molecule has 1 aliphatic rings. The van der Waals surface area contributed by atoms with Crippen molar-refractivity contribution >= 4 is 0 Å². The molecule has 0 saturated carbocycles. The lowest BCUT2D eigenvalue weighted by atomic mass is 10.1. The third-order valence-electron chi connectivity index (χ3n) is 3.75. The molecule has 1 N–H and O–H groups in total. The van der Waals surface area contributed by atoms with Gasteiger partial charge in [-0.25, -0.2) is 4.98 Å². The fourth-order valence-corrected chi connectivity index (χ4v) is 2.77. The predicted molar refractivity (Wildman–Crippen MR) is 78.4 cm³/mol. The average molecular weight is 278 g/mol. The van der Waals surface area contributed by atoms with Crippen LogP contribution in [0.15, 0.2) is 61.1 Å². The van der Waals surface area contributed by atoms with Gasteiger partial charge in [0, 0.05) is 5.56 Å². The number of aliphatic hydroxyl groups excluding tert-OH is 1. The molecule has 2 heterocycles. The first kappa shape index (κ1) is 12.2. The lowest BCUT2D eigenvalue weighted by Gasteiger charge is -2.15. The van der Waals surface area contributed by atoms with Crippen molar-refractivity contribution in [3.8, 4) is 11.4 Å². The Morgan fingerprint density at radius 3 is 2.95 bits per heavy atom. The molecule has 3 aromatic rings. The van der Waals surface area contributed by atoms with Crippen LogP contribution in [0.1, 0.15) is 22.9 Å². The molecule has 4 rings (SSSR count).